The van der Waals surface area contributed by atoms with Gasteiger partial charge in [-0.1, -0.05) is 24.3 Å². The van der Waals surface area contributed by atoms with Crippen LogP contribution in [0, 0.1) is 0 Å². The smallest absolute Gasteiger partial charge is 0.375 e. The quantitative estimate of drug-likeness (QED) is 0.457. The molecule has 1 unspecified atom stereocenters. The second-order valence-corrected chi connectivity index (χ2v) is 7.72. The van der Waals surface area contributed by atoms with Crippen LogP contribution in [0.4, 0.5) is 0 Å². The predicted molar refractivity (Wildman–Crippen MR) is 122 cm³/mol. The maximum Gasteiger partial charge on any atom is 0.375 e. The molecule has 0 radical (unpaired) electrons. The number of hydrogen-bond acceptors (Lipinski definition) is 7. The number of fused-ring (bicyclic) bond motifs is 1. The number of methoxy groups -OCH3 is 2. The molecule has 1 amide bonds. The van der Waals surface area contributed by atoms with Gasteiger partial charge in [0.15, 0.2) is 17.6 Å². The van der Waals surface area contributed by atoms with Crippen LogP contribution in [0.2, 0.25) is 0 Å². The maximum atomic E-state index is 12.8. The Kier molecular flexibility index (Phi) is 7.95. The van der Waals surface area contributed by atoms with Gasteiger partial charge >= 0.3 is 5.97 Å². The van der Waals surface area contributed by atoms with E-state index in [2.05, 4.69) is 5.32 Å². The zero-order valence-electron chi connectivity index (χ0n) is 19.5. The summed E-state index contributed by atoms with van der Waals surface area (Å²) in [6.07, 6.45) is -1.05. The summed E-state index contributed by atoms with van der Waals surface area (Å²) < 4.78 is 27.3. The Bertz CT molecular complexity index is 1120. The van der Waals surface area contributed by atoms with E-state index in [1.807, 2.05) is 38.1 Å². The fourth-order valence-electron chi connectivity index (χ4n) is 3.25. The van der Waals surface area contributed by atoms with E-state index < -0.39 is 18.0 Å². The number of benzene rings is 2. The number of hydrogen-bond donors (Lipinski definition) is 1. The summed E-state index contributed by atoms with van der Waals surface area (Å²) in [4.78, 5) is 25.4. The van der Waals surface area contributed by atoms with E-state index in [9.17, 15) is 9.59 Å². The van der Waals surface area contributed by atoms with Crippen molar-refractivity contribution in [2.75, 3.05) is 14.2 Å². The molecule has 0 aliphatic carbocycles. The van der Waals surface area contributed by atoms with Crippen molar-refractivity contribution >= 4 is 22.8 Å². The molecule has 3 aromatic rings. The lowest BCUT2D eigenvalue weighted by Crippen LogP contribution is -2.35. The molecule has 0 saturated carbocycles. The molecule has 0 saturated heterocycles. The Morgan fingerprint density at radius 2 is 1.73 bits per heavy atom. The predicted octanol–water partition coefficient (Wildman–Crippen LogP) is 4.24. The molecule has 1 aromatic heterocycles. The Balaban J connectivity index is 1.67. The van der Waals surface area contributed by atoms with E-state index in [1.165, 1.54) is 6.92 Å². The number of carbonyl (C=O) groups excluding carboxylic acids is 2. The second kappa shape index (κ2) is 10.9. The number of amides is 1. The number of rotatable bonds is 10. The van der Waals surface area contributed by atoms with Crippen molar-refractivity contribution in [3.63, 3.8) is 0 Å². The van der Waals surface area contributed by atoms with Crippen LogP contribution in [-0.4, -0.2) is 38.3 Å². The molecule has 1 heterocycles. The van der Waals surface area contributed by atoms with Crippen LogP contribution in [0.1, 0.15) is 42.5 Å². The van der Waals surface area contributed by atoms with Crippen LogP contribution in [0.5, 0.6) is 11.5 Å². The molecule has 0 aliphatic heterocycles. The number of para-hydroxylation sites is 1. The maximum absolute atomic E-state index is 12.8. The minimum Gasteiger partial charge on any atom is -0.493 e. The number of ether oxygens (including phenoxy) is 4. The van der Waals surface area contributed by atoms with E-state index in [1.54, 1.807) is 32.4 Å². The third-order valence-corrected chi connectivity index (χ3v) is 5.01. The Hall–Kier alpha value is -3.52. The van der Waals surface area contributed by atoms with Gasteiger partial charge in [0.1, 0.15) is 5.58 Å². The third kappa shape index (κ3) is 5.84. The van der Waals surface area contributed by atoms with E-state index in [0.29, 0.717) is 22.6 Å². The molecule has 176 valence electrons. The fourth-order valence-corrected chi connectivity index (χ4v) is 3.25. The van der Waals surface area contributed by atoms with Crippen molar-refractivity contribution in [3.05, 3.63) is 59.4 Å². The Morgan fingerprint density at radius 3 is 2.42 bits per heavy atom. The second-order valence-electron chi connectivity index (χ2n) is 7.72. The van der Waals surface area contributed by atoms with Crippen LogP contribution < -0.4 is 14.8 Å². The lowest BCUT2D eigenvalue weighted by Gasteiger charge is -2.14. The number of esters is 1. The van der Waals surface area contributed by atoms with Gasteiger partial charge in [-0.3, -0.25) is 4.79 Å². The van der Waals surface area contributed by atoms with Crippen molar-refractivity contribution < 1.29 is 33.0 Å². The monoisotopic (exact) mass is 455 g/mol. The third-order valence-electron chi connectivity index (χ3n) is 5.01. The summed E-state index contributed by atoms with van der Waals surface area (Å²) in [5.74, 6) is 0.0376. The highest BCUT2D eigenvalue weighted by molar-refractivity contribution is 5.97. The summed E-state index contributed by atoms with van der Waals surface area (Å²) >= 11 is 0. The number of carbonyl (C=O) groups is 2. The summed E-state index contributed by atoms with van der Waals surface area (Å²) in [5.41, 5.74) is 1.96. The van der Waals surface area contributed by atoms with Gasteiger partial charge in [0.2, 0.25) is 5.76 Å². The average molecular weight is 456 g/mol. The lowest BCUT2D eigenvalue weighted by molar-refractivity contribution is -0.129. The average Bonchev–Trinajstić information content (AvgIpc) is 3.19. The highest BCUT2D eigenvalue weighted by atomic mass is 16.6. The van der Waals surface area contributed by atoms with Crippen LogP contribution >= 0.6 is 0 Å². The van der Waals surface area contributed by atoms with Crippen LogP contribution in [0.25, 0.3) is 11.0 Å². The van der Waals surface area contributed by atoms with E-state index in [4.69, 9.17) is 23.4 Å². The lowest BCUT2D eigenvalue weighted by atomic mass is 10.1. The Morgan fingerprint density at radius 1 is 1.00 bits per heavy atom. The highest BCUT2D eigenvalue weighted by Gasteiger charge is 2.26. The highest BCUT2D eigenvalue weighted by Crippen LogP contribution is 2.29. The van der Waals surface area contributed by atoms with Gasteiger partial charge in [-0.2, -0.15) is 0 Å². The van der Waals surface area contributed by atoms with Crippen LogP contribution in [0.15, 0.2) is 46.9 Å². The largest absolute Gasteiger partial charge is 0.493 e. The molecule has 8 nitrogen and oxygen atoms in total. The number of furan rings is 1. The molecule has 33 heavy (non-hydrogen) atoms. The van der Waals surface area contributed by atoms with E-state index >= 15 is 0 Å². The minimum absolute atomic E-state index is 0.0242. The topological polar surface area (TPSA) is 96.2 Å². The first-order valence-electron chi connectivity index (χ1n) is 10.7. The zero-order chi connectivity index (χ0) is 24.0. The molecule has 0 aliphatic rings. The van der Waals surface area contributed by atoms with E-state index in [-0.39, 0.29) is 25.0 Å². The minimum atomic E-state index is -1.02. The summed E-state index contributed by atoms with van der Waals surface area (Å²) in [5, 5.41) is 3.53. The SMILES string of the molecule is COc1ccc(CNC(=O)C(C)OC(=O)c2oc3ccccc3c2COC(C)C)cc1OC. The fraction of sp³-hybridized carbons (Fsp3) is 0.360. The van der Waals surface area contributed by atoms with Crippen molar-refractivity contribution in [3.8, 4) is 11.5 Å². The Labute approximate surface area is 192 Å². The van der Waals surface area contributed by atoms with Crippen molar-refractivity contribution in [1.29, 1.82) is 0 Å². The molecule has 1 N–H and O–H groups in total. The van der Waals surface area contributed by atoms with Gasteiger partial charge in [0.25, 0.3) is 5.91 Å². The van der Waals surface area contributed by atoms with Crippen molar-refractivity contribution in [2.45, 2.75) is 46.1 Å². The molecule has 0 bridgehead atoms. The van der Waals surface area contributed by atoms with Gasteiger partial charge < -0.3 is 28.7 Å². The molecule has 0 spiro atoms. The first-order valence-corrected chi connectivity index (χ1v) is 10.7. The van der Waals surface area contributed by atoms with Crippen molar-refractivity contribution in [1.82, 2.24) is 5.32 Å². The zero-order valence-corrected chi connectivity index (χ0v) is 19.5. The standard InChI is InChI=1S/C25H29NO7/c1-15(2)31-14-19-18-8-6-7-9-20(18)33-23(19)25(28)32-16(3)24(27)26-13-17-10-11-21(29-4)22(12-17)30-5/h6-12,15-16H,13-14H2,1-5H3,(H,26,27). The first kappa shape index (κ1) is 24.1. The summed E-state index contributed by atoms with van der Waals surface area (Å²) in [7, 11) is 3.10. The van der Waals surface area contributed by atoms with Gasteiger partial charge in [-0.15, -0.1) is 0 Å². The van der Waals surface area contributed by atoms with Crippen molar-refractivity contribution in [2.24, 2.45) is 0 Å². The van der Waals surface area contributed by atoms with Crippen LogP contribution in [0.3, 0.4) is 0 Å². The molecular formula is C25H29NO7. The molecule has 3 rings (SSSR count). The molecule has 2 aromatic carbocycles. The molecule has 0 fully saturated rings. The summed E-state index contributed by atoms with van der Waals surface area (Å²) in [6.45, 7) is 5.75. The molecular weight excluding hydrogens is 426 g/mol. The molecule has 8 heteroatoms. The first-order chi connectivity index (χ1) is 15.8. The van der Waals surface area contributed by atoms with Gasteiger partial charge in [0.05, 0.1) is 26.9 Å². The van der Waals surface area contributed by atoms with Crippen LogP contribution in [-0.2, 0) is 27.4 Å². The normalized spacial score (nSPS) is 11.9. The van der Waals surface area contributed by atoms with E-state index in [0.717, 1.165) is 10.9 Å². The van der Waals surface area contributed by atoms with Gasteiger partial charge in [-0.25, -0.2) is 4.79 Å². The molecule has 1 atom stereocenters. The summed E-state index contributed by atoms with van der Waals surface area (Å²) in [6, 6.07) is 12.6. The van der Waals surface area contributed by atoms with Gasteiger partial charge in [0, 0.05) is 17.5 Å². The number of nitrogens with one attached hydrogen (secondary N) is 1. The van der Waals surface area contributed by atoms with Gasteiger partial charge in [-0.05, 0) is 44.5 Å².